The third-order valence-corrected chi connectivity index (χ3v) is 3.17. The van der Waals surface area contributed by atoms with Crippen molar-refractivity contribution in [2.75, 3.05) is 13.1 Å². The first kappa shape index (κ1) is 13.8. The molecule has 0 saturated heterocycles. The molecule has 2 rings (SSSR count). The van der Waals surface area contributed by atoms with E-state index in [0.717, 1.165) is 22.0 Å². The van der Waals surface area contributed by atoms with E-state index in [1.807, 2.05) is 0 Å². The van der Waals surface area contributed by atoms with E-state index in [2.05, 4.69) is 0 Å². The molecule has 0 aromatic carbocycles. The van der Waals surface area contributed by atoms with Gasteiger partial charge in [-0.1, -0.05) is 0 Å². The van der Waals surface area contributed by atoms with Gasteiger partial charge in [0.2, 0.25) is 11.8 Å². The molecule has 2 amide bonds. The summed E-state index contributed by atoms with van der Waals surface area (Å²) in [6.45, 7) is -0.0833. The predicted octanol–water partition coefficient (Wildman–Crippen LogP) is -1.31. The van der Waals surface area contributed by atoms with Crippen LogP contribution in [0.15, 0.2) is 24.3 Å². The van der Waals surface area contributed by atoms with Crippen LogP contribution in [-0.2, 0) is 19.2 Å². The van der Waals surface area contributed by atoms with Gasteiger partial charge in [-0.05, 0) is 12.2 Å². The lowest BCUT2D eigenvalue weighted by Gasteiger charge is -2.27. The van der Waals surface area contributed by atoms with E-state index in [0.29, 0.717) is 0 Å². The SMILES string of the molecule is O=C(O)C1C=CC(=O)N1CCN1C(=O)C=CC1C(=O)O. The van der Waals surface area contributed by atoms with Crippen LogP contribution in [0.5, 0.6) is 0 Å². The van der Waals surface area contributed by atoms with E-state index in [-0.39, 0.29) is 13.1 Å². The van der Waals surface area contributed by atoms with Crippen LogP contribution in [-0.4, -0.2) is 68.9 Å². The highest BCUT2D eigenvalue weighted by atomic mass is 16.4. The maximum Gasteiger partial charge on any atom is 0.330 e. The Morgan fingerprint density at radius 3 is 1.55 bits per heavy atom. The normalized spacial score (nSPS) is 24.8. The van der Waals surface area contributed by atoms with Crippen molar-refractivity contribution < 1.29 is 29.4 Å². The lowest BCUT2D eigenvalue weighted by atomic mass is 10.2. The summed E-state index contributed by atoms with van der Waals surface area (Å²) in [5, 5.41) is 17.9. The average molecular weight is 280 g/mol. The van der Waals surface area contributed by atoms with Crippen LogP contribution in [0, 0.1) is 0 Å². The molecule has 0 radical (unpaired) electrons. The summed E-state index contributed by atoms with van der Waals surface area (Å²) >= 11 is 0. The smallest absolute Gasteiger partial charge is 0.330 e. The number of rotatable bonds is 5. The third-order valence-electron chi connectivity index (χ3n) is 3.17. The number of carboxylic acid groups (broad SMARTS) is 2. The monoisotopic (exact) mass is 280 g/mol. The fourth-order valence-corrected chi connectivity index (χ4v) is 2.17. The highest BCUT2D eigenvalue weighted by Gasteiger charge is 2.35. The number of hydrogen-bond acceptors (Lipinski definition) is 4. The van der Waals surface area contributed by atoms with Crippen LogP contribution in [0.4, 0.5) is 0 Å². The first-order valence-electron chi connectivity index (χ1n) is 5.85. The van der Waals surface area contributed by atoms with Gasteiger partial charge in [-0.25, -0.2) is 9.59 Å². The molecule has 2 aliphatic rings. The maximum absolute atomic E-state index is 11.5. The van der Waals surface area contributed by atoms with E-state index in [1.54, 1.807) is 0 Å². The molecular formula is C12H12N2O6. The summed E-state index contributed by atoms with van der Waals surface area (Å²) in [4.78, 5) is 47.1. The van der Waals surface area contributed by atoms with Gasteiger partial charge in [-0.3, -0.25) is 9.59 Å². The fourth-order valence-electron chi connectivity index (χ4n) is 2.17. The Morgan fingerprint density at radius 2 is 1.25 bits per heavy atom. The molecule has 2 unspecified atom stereocenters. The van der Waals surface area contributed by atoms with Crippen molar-refractivity contribution >= 4 is 23.8 Å². The van der Waals surface area contributed by atoms with Crippen molar-refractivity contribution in [3.63, 3.8) is 0 Å². The van der Waals surface area contributed by atoms with Crippen LogP contribution >= 0.6 is 0 Å². The van der Waals surface area contributed by atoms with Crippen LogP contribution in [0.25, 0.3) is 0 Å². The van der Waals surface area contributed by atoms with Crippen molar-refractivity contribution in [1.82, 2.24) is 9.80 Å². The van der Waals surface area contributed by atoms with Crippen LogP contribution in [0.2, 0.25) is 0 Å². The number of aliphatic carboxylic acids is 2. The highest BCUT2D eigenvalue weighted by molar-refractivity contribution is 5.97. The second-order valence-corrected chi connectivity index (χ2v) is 4.35. The number of carbonyl (C=O) groups is 4. The first-order chi connectivity index (χ1) is 9.41. The van der Waals surface area contributed by atoms with Crippen LogP contribution < -0.4 is 0 Å². The zero-order valence-corrected chi connectivity index (χ0v) is 10.3. The van der Waals surface area contributed by atoms with Gasteiger partial charge in [-0.15, -0.1) is 0 Å². The lowest BCUT2D eigenvalue weighted by Crippen LogP contribution is -2.47. The first-order valence-corrected chi connectivity index (χ1v) is 5.85. The molecule has 0 aromatic rings. The molecule has 0 fully saturated rings. The second-order valence-electron chi connectivity index (χ2n) is 4.35. The zero-order valence-electron chi connectivity index (χ0n) is 10.3. The van der Waals surface area contributed by atoms with Gasteiger partial charge in [-0.2, -0.15) is 0 Å². The summed E-state index contributed by atoms with van der Waals surface area (Å²) in [7, 11) is 0. The molecule has 106 valence electrons. The van der Waals surface area contributed by atoms with Crippen molar-refractivity contribution in [3.8, 4) is 0 Å². The van der Waals surface area contributed by atoms with Crippen molar-refractivity contribution in [3.05, 3.63) is 24.3 Å². The topological polar surface area (TPSA) is 115 Å². The molecule has 0 spiro atoms. The maximum atomic E-state index is 11.5. The molecule has 2 atom stereocenters. The van der Waals surface area contributed by atoms with Gasteiger partial charge in [0.05, 0.1) is 0 Å². The largest absolute Gasteiger partial charge is 0.479 e. The lowest BCUT2D eigenvalue weighted by molar-refractivity contribution is -0.147. The van der Waals surface area contributed by atoms with Gasteiger partial charge < -0.3 is 20.0 Å². The third kappa shape index (κ3) is 2.40. The quantitative estimate of drug-likeness (QED) is 0.646. The minimum Gasteiger partial charge on any atom is -0.479 e. The number of hydrogen-bond donors (Lipinski definition) is 2. The van der Waals surface area contributed by atoms with Crippen molar-refractivity contribution in [2.45, 2.75) is 12.1 Å². The summed E-state index contributed by atoms with van der Waals surface area (Å²) in [5.41, 5.74) is 0. The summed E-state index contributed by atoms with van der Waals surface area (Å²) < 4.78 is 0. The van der Waals surface area contributed by atoms with E-state index < -0.39 is 35.8 Å². The molecule has 20 heavy (non-hydrogen) atoms. The van der Waals surface area contributed by atoms with Gasteiger partial charge in [0.1, 0.15) is 12.1 Å². The fraction of sp³-hybridized carbons (Fsp3) is 0.333. The summed E-state index contributed by atoms with van der Waals surface area (Å²) in [5.74, 6) is -3.28. The molecule has 0 aromatic heterocycles. The van der Waals surface area contributed by atoms with E-state index >= 15 is 0 Å². The van der Waals surface area contributed by atoms with Crippen molar-refractivity contribution in [1.29, 1.82) is 0 Å². The molecule has 0 bridgehead atoms. The Morgan fingerprint density at radius 1 is 0.900 bits per heavy atom. The number of nitrogens with zero attached hydrogens (tertiary/aromatic N) is 2. The van der Waals surface area contributed by atoms with Crippen LogP contribution in [0.3, 0.4) is 0 Å². The van der Waals surface area contributed by atoms with E-state index in [9.17, 15) is 19.2 Å². The minimum absolute atomic E-state index is 0.0417. The molecular weight excluding hydrogens is 268 g/mol. The Labute approximate surface area is 113 Å². The number of carboxylic acids is 2. The van der Waals surface area contributed by atoms with Gasteiger partial charge in [0, 0.05) is 25.2 Å². The highest BCUT2D eigenvalue weighted by Crippen LogP contribution is 2.15. The molecule has 2 aliphatic heterocycles. The number of carbonyl (C=O) groups excluding carboxylic acids is 2. The van der Waals surface area contributed by atoms with E-state index in [1.165, 1.54) is 12.2 Å². The minimum atomic E-state index is -1.17. The van der Waals surface area contributed by atoms with Crippen molar-refractivity contribution in [2.24, 2.45) is 0 Å². The Hall–Kier alpha value is -2.64. The summed E-state index contributed by atoms with van der Waals surface area (Å²) in [6, 6.07) is -2.15. The molecule has 8 nitrogen and oxygen atoms in total. The molecule has 8 heteroatoms. The molecule has 2 heterocycles. The Bertz CT molecular complexity index is 490. The predicted molar refractivity (Wildman–Crippen MR) is 64.6 cm³/mol. The average Bonchev–Trinajstić information content (AvgIpc) is 2.90. The molecule has 0 saturated carbocycles. The Balaban J connectivity index is 2.01. The molecule has 0 aliphatic carbocycles. The van der Waals surface area contributed by atoms with E-state index in [4.69, 9.17) is 10.2 Å². The van der Waals surface area contributed by atoms with Gasteiger partial charge in [0.25, 0.3) is 0 Å². The summed E-state index contributed by atoms with van der Waals surface area (Å²) in [6.07, 6.45) is 4.81. The standard InChI is InChI=1S/C12H12N2O6/c15-9-3-1-7(11(17)18)13(9)5-6-14-8(12(19)20)2-4-10(14)16/h1-4,7-8H,5-6H2,(H,17,18)(H,19,20). The number of amides is 2. The van der Waals surface area contributed by atoms with Gasteiger partial charge in [0.15, 0.2) is 0 Å². The second kappa shape index (κ2) is 5.16. The Kier molecular flexibility index (Phi) is 3.55. The van der Waals surface area contributed by atoms with Crippen LogP contribution in [0.1, 0.15) is 0 Å². The zero-order chi connectivity index (χ0) is 14.9. The van der Waals surface area contributed by atoms with Gasteiger partial charge >= 0.3 is 11.9 Å². The molecule has 2 N–H and O–H groups in total.